The lowest BCUT2D eigenvalue weighted by Gasteiger charge is -2.32. The van der Waals surface area contributed by atoms with Gasteiger partial charge in [0.25, 0.3) is 11.8 Å². The van der Waals surface area contributed by atoms with Gasteiger partial charge in [-0.1, -0.05) is 12.8 Å². The topological polar surface area (TPSA) is 141 Å². The number of hydrogen-bond acceptors (Lipinski definition) is 9. The fourth-order valence-corrected chi connectivity index (χ4v) is 4.38. The first kappa shape index (κ1) is 25.4. The average Bonchev–Trinajstić information content (AvgIpc) is 3.17. The highest BCUT2D eigenvalue weighted by molar-refractivity contribution is 6.04. The highest BCUT2D eigenvalue weighted by atomic mass is 16.5. The molecule has 0 unspecified atom stereocenters. The Balaban J connectivity index is 1.46. The minimum atomic E-state index is -0.708. The van der Waals surface area contributed by atoms with Crippen LogP contribution in [-0.4, -0.2) is 90.7 Å². The van der Waals surface area contributed by atoms with Crippen molar-refractivity contribution in [2.45, 2.75) is 25.7 Å². The number of carbonyl (C=O) groups excluding carboxylic acids is 2. The number of carbonyl (C=O) groups is 2. The summed E-state index contributed by atoms with van der Waals surface area (Å²) < 4.78 is 5.69. The van der Waals surface area contributed by atoms with Gasteiger partial charge in [-0.05, 0) is 44.2 Å². The molecule has 2 aromatic rings. The summed E-state index contributed by atoms with van der Waals surface area (Å²) in [6.07, 6.45) is 5.44. The number of primary amides is 1. The number of likely N-dealkylation sites (N-methyl/N-ethyl adjacent to an activating group) is 1. The normalized spacial score (nSPS) is 16.8. The van der Waals surface area contributed by atoms with Gasteiger partial charge in [0.15, 0.2) is 6.61 Å². The summed E-state index contributed by atoms with van der Waals surface area (Å²) in [5.41, 5.74) is 6.54. The largest absolute Gasteiger partial charge is 0.484 e. The molecule has 4 N–H and O–H groups in total. The summed E-state index contributed by atoms with van der Waals surface area (Å²) in [6.45, 7) is 4.77. The molecule has 1 aromatic heterocycles. The lowest BCUT2D eigenvalue weighted by atomic mass is 10.2. The molecular weight excluding hydrogens is 460 g/mol. The average molecular weight is 495 g/mol. The van der Waals surface area contributed by atoms with Crippen LogP contribution >= 0.6 is 0 Å². The van der Waals surface area contributed by atoms with Crippen LogP contribution in [0.1, 0.15) is 41.7 Å². The Morgan fingerprint density at radius 3 is 2.31 bits per heavy atom. The molecule has 0 atom stereocenters. The molecule has 11 heteroatoms. The second kappa shape index (κ2) is 11.8. The van der Waals surface area contributed by atoms with Crippen LogP contribution in [0, 0.1) is 5.41 Å². The van der Waals surface area contributed by atoms with Crippen LogP contribution in [0.2, 0.25) is 0 Å². The second-order valence-corrected chi connectivity index (χ2v) is 9.16. The van der Waals surface area contributed by atoms with E-state index in [1.54, 1.807) is 24.3 Å². The van der Waals surface area contributed by atoms with Gasteiger partial charge in [0.1, 0.15) is 22.8 Å². The smallest absolute Gasteiger partial charge is 0.260 e. The molecule has 2 saturated heterocycles. The van der Waals surface area contributed by atoms with Crippen molar-refractivity contribution in [3.8, 4) is 5.75 Å². The molecule has 0 radical (unpaired) electrons. The Morgan fingerprint density at radius 2 is 1.69 bits per heavy atom. The van der Waals surface area contributed by atoms with Crippen molar-refractivity contribution >= 4 is 35.5 Å². The fourth-order valence-electron chi connectivity index (χ4n) is 4.38. The number of benzene rings is 1. The highest BCUT2D eigenvalue weighted by Crippen LogP contribution is 2.26. The fraction of sp³-hybridized carbons (Fsp3) is 0.480. The zero-order chi connectivity index (χ0) is 25.5. The maximum atomic E-state index is 12.4. The molecule has 2 amide bonds. The van der Waals surface area contributed by atoms with E-state index < -0.39 is 5.91 Å². The van der Waals surface area contributed by atoms with E-state index in [1.807, 2.05) is 11.9 Å². The van der Waals surface area contributed by atoms with Crippen LogP contribution in [0.4, 0.5) is 17.5 Å². The number of nitrogens with one attached hydrogen (secondary N) is 2. The zero-order valence-electron chi connectivity index (χ0n) is 20.7. The number of ether oxygens (including phenoxy) is 1. The van der Waals surface area contributed by atoms with Gasteiger partial charge >= 0.3 is 0 Å². The van der Waals surface area contributed by atoms with Crippen LogP contribution in [-0.2, 0) is 4.79 Å². The van der Waals surface area contributed by atoms with Gasteiger partial charge in [0, 0.05) is 51.2 Å². The van der Waals surface area contributed by atoms with Gasteiger partial charge in [-0.15, -0.1) is 0 Å². The number of anilines is 3. The van der Waals surface area contributed by atoms with Crippen molar-refractivity contribution in [2.75, 3.05) is 63.1 Å². The van der Waals surface area contributed by atoms with E-state index in [0.717, 1.165) is 58.1 Å². The molecule has 0 bridgehead atoms. The monoisotopic (exact) mass is 494 g/mol. The van der Waals surface area contributed by atoms with Crippen molar-refractivity contribution in [2.24, 2.45) is 5.73 Å². The van der Waals surface area contributed by atoms with Gasteiger partial charge < -0.3 is 35.9 Å². The van der Waals surface area contributed by atoms with Crippen LogP contribution in [0.25, 0.3) is 0 Å². The Bertz CT molecular complexity index is 1080. The molecule has 2 aliphatic heterocycles. The van der Waals surface area contributed by atoms with E-state index >= 15 is 0 Å². The summed E-state index contributed by atoms with van der Waals surface area (Å²) in [6, 6.07) is 7.05. The van der Waals surface area contributed by atoms with Crippen molar-refractivity contribution in [1.82, 2.24) is 19.8 Å². The molecule has 0 aliphatic carbocycles. The lowest BCUT2D eigenvalue weighted by molar-refractivity contribution is -0.134. The van der Waals surface area contributed by atoms with E-state index in [9.17, 15) is 9.59 Å². The number of nitrogens with two attached hydrogens (primary N) is 1. The standard InChI is InChI=1S/C25H34N8O3/c1-31-12-14-32(15-13-31)21(34)17-36-19-8-6-18(7-9-19)28-24-22(23(27)35)20(16-26)29-25(30-24)33-10-4-2-3-5-11-33/h6-9,16,26H,2-5,10-15,17H2,1H3,(H2,27,35)(H,28,29,30). The molecule has 36 heavy (non-hydrogen) atoms. The van der Waals surface area contributed by atoms with Crippen LogP contribution < -0.4 is 20.7 Å². The number of hydrogen-bond donors (Lipinski definition) is 3. The Labute approximate surface area is 211 Å². The molecule has 4 rings (SSSR count). The quantitative estimate of drug-likeness (QED) is 0.472. The first-order valence-electron chi connectivity index (χ1n) is 12.4. The van der Waals surface area contributed by atoms with Crippen molar-refractivity contribution in [1.29, 1.82) is 5.41 Å². The number of nitrogens with zero attached hydrogens (tertiary/aromatic N) is 5. The summed E-state index contributed by atoms with van der Waals surface area (Å²) in [5, 5.41) is 10.9. The maximum absolute atomic E-state index is 12.4. The van der Waals surface area contributed by atoms with Gasteiger partial charge in [-0.3, -0.25) is 9.59 Å². The number of piperazine rings is 1. The first-order chi connectivity index (χ1) is 17.4. The Hall–Kier alpha value is -3.73. The van der Waals surface area contributed by atoms with Gasteiger partial charge in [-0.2, -0.15) is 4.98 Å². The van der Waals surface area contributed by atoms with E-state index in [2.05, 4.69) is 25.1 Å². The SMILES string of the molecule is CN1CCN(C(=O)COc2ccc(Nc3nc(N4CCCCCC4)nc(C=N)c3C(N)=O)cc2)CC1. The van der Waals surface area contributed by atoms with E-state index in [0.29, 0.717) is 30.5 Å². The number of amides is 2. The van der Waals surface area contributed by atoms with Gasteiger partial charge in [-0.25, -0.2) is 4.98 Å². The van der Waals surface area contributed by atoms with E-state index in [1.165, 1.54) is 0 Å². The molecule has 192 valence electrons. The van der Waals surface area contributed by atoms with Gasteiger partial charge in [0.2, 0.25) is 5.95 Å². The predicted octanol–water partition coefficient (Wildman–Crippen LogP) is 1.85. The molecular formula is C25H34N8O3. The Morgan fingerprint density at radius 1 is 1.03 bits per heavy atom. The summed E-state index contributed by atoms with van der Waals surface area (Å²) in [4.78, 5) is 39.8. The third-order valence-electron chi connectivity index (χ3n) is 6.53. The minimum Gasteiger partial charge on any atom is -0.484 e. The third-order valence-corrected chi connectivity index (χ3v) is 6.53. The molecule has 2 fully saturated rings. The zero-order valence-corrected chi connectivity index (χ0v) is 20.7. The highest BCUT2D eigenvalue weighted by Gasteiger charge is 2.22. The molecule has 0 saturated carbocycles. The van der Waals surface area contributed by atoms with Crippen molar-refractivity contribution < 1.29 is 14.3 Å². The van der Waals surface area contributed by atoms with Crippen LogP contribution in [0.5, 0.6) is 5.75 Å². The molecule has 1 aromatic carbocycles. The maximum Gasteiger partial charge on any atom is 0.260 e. The summed E-state index contributed by atoms with van der Waals surface area (Å²) >= 11 is 0. The lowest BCUT2D eigenvalue weighted by Crippen LogP contribution is -2.48. The minimum absolute atomic E-state index is 0.0177. The van der Waals surface area contributed by atoms with Crippen molar-refractivity contribution in [3.05, 3.63) is 35.5 Å². The molecule has 3 heterocycles. The number of aromatic nitrogens is 2. The van der Waals surface area contributed by atoms with E-state index in [4.69, 9.17) is 15.9 Å². The Kier molecular flexibility index (Phi) is 8.32. The first-order valence-corrected chi connectivity index (χ1v) is 12.4. The molecule has 11 nitrogen and oxygen atoms in total. The molecule has 0 spiro atoms. The second-order valence-electron chi connectivity index (χ2n) is 9.16. The number of rotatable bonds is 8. The summed E-state index contributed by atoms with van der Waals surface area (Å²) in [5.74, 6) is 0.559. The third kappa shape index (κ3) is 6.28. The van der Waals surface area contributed by atoms with Gasteiger partial charge in [0.05, 0.1) is 0 Å². The molecule has 2 aliphatic rings. The van der Waals surface area contributed by atoms with Crippen LogP contribution in [0.3, 0.4) is 0 Å². The van der Waals surface area contributed by atoms with Crippen LogP contribution in [0.15, 0.2) is 24.3 Å². The van der Waals surface area contributed by atoms with E-state index in [-0.39, 0.29) is 29.6 Å². The summed E-state index contributed by atoms with van der Waals surface area (Å²) in [7, 11) is 2.05. The van der Waals surface area contributed by atoms with Crippen molar-refractivity contribution in [3.63, 3.8) is 0 Å². The predicted molar refractivity (Wildman–Crippen MR) is 138 cm³/mol.